The van der Waals surface area contributed by atoms with E-state index in [1.165, 1.54) is 0 Å². The average molecular weight is 220 g/mol. The van der Waals surface area contributed by atoms with Gasteiger partial charge < -0.3 is 0 Å². The van der Waals surface area contributed by atoms with Crippen LogP contribution in [0.2, 0.25) is 0 Å². The first-order chi connectivity index (χ1) is 6.11. The molecule has 0 aromatic carbocycles. The number of carbonyl (C=O) groups is 1. The van der Waals surface area contributed by atoms with Gasteiger partial charge in [0, 0.05) is 23.0 Å². The summed E-state index contributed by atoms with van der Waals surface area (Å²) in [4.78, 5) is 11.7. The van der Waals surface area contributed by atoms with Crippen molar-refractivity contribution < 1.29 is 9.00 Å². The van der Waals surface area contributed by atoms with E-state index in [4.69, 9.17) is 0 Å². The van der Waals surface area contributed by atoms with Crippen LogP contribution in [0.1, 0.15) is 33.1 Å². The molecule has 76 valence electrons. The molecule has 13 heavy (non-hydrogen) atoms. The number of thioether (sulfide) groups is 1. The molecule has 1 aliphatic heterocycles. The highest BCUT2D eigenvalue weighted by molar-refractivity contribution is 8.14. The molecule has 1 rings (SSSR count). The predicted octanol–water partition coefficient (Wildman–Crippen LogP) is 1.96. The van der Waals surface area contributed by atoms with E-state index < -0.39 is 14.9 Å². The molecule has 4 heteroatoms. The summed E-state index contributed by atoms with van der Waals surface area (Å²) in [5.41, 5.74) is 0. The van der Waals surface area contributed by atoms with Gasteiger partial charge in [-0.05, 0) is 25.5 Å². The minimum Gasteiger partial charge on any atom is -0.297 e. The Balaban J connectivity index is 2.71. The van der Waals surface area contributed by atoms with Crippen molar-refractivity contribution in [3.8, 4) is 0 Å². The first kappa shape index (κ1) is 11.2. The molecule has 0 spiro atoms. The third kappa shape index (κ3) is 2.34. The van der Waals surface area contributed by atoms with E-state index in [0.717, 1.165) is 18.6 Å². The van der Waals surface area contributed by atoms with Crippen molar-refractivity contribution in [3.05, 3.63) is 0 Å². The molecule has 0 aromatic heterocycles. The molecule has 2 atom stereocenters. The first-order valence-electron chi connectivity index (χ1n) is 4.67. The Morgan fingerprint density at radius 3 is 2.85 bits per heavy atom. The lowest BCUT2D eigenvalue weighted by molar-refractivity contribution is -0.119. The molecule has 0 radical (unpaired) electrons. The molecule has 1 fully saturated rings. The Kier molecular flexibility index (Phi) is 3.98. The molecule has 0 saturated carbocycles. The Bertz CT molecular complexity index is 228. The van der Waals surface area contributed by atoms with Gasteiger partial charge in [0.1, 0.15) is 4.08 Å². The van der Waals surface area contributed by atoms with Gasteiger partial charge in [0.05, 0.1) is 0 Å². The quantitative estimate of drug-likeness (QED) is 0.729. The van der Waals surface area contributed by atoms with E-state index in [1.54, 1.807) is 11.8 Å². The van der Waals surface area contributed by atoms with E-state index in [-0.39, 0.29) is 5.78 Å². The minimum atomic E-state index is -0.962. The zero-order valence-corrected chi connectivity index (χ0v) is 9.80. The Hall–Kier alpha value is 0.170. The molecule has 2 nitrogen and oxygen atoms in total. The fourth-order valence-corrected chi connectivity index (χ4v) is 4.68. The van der Waals surface area contributed by atoms with E-state index in [0.29, 0.717) is 12.2 Å². The van der Waals surface area contributed by atoms with Gasteiger partial charge in [0.2, 0.25) is 0 Å². The second kappa shape index (κ2) is 4.60. The van der Waals surface area contributed by atoms with Crippen molar-refractivity contribution in [1.82, 2.24) is 0 Å². The van der Waals surface area contributed by atoms with Crippen LogP contribution in [0.25, 0.3) is 0 Å². The van der Waals surface area contributed by atoms with Crippen molar-refractivity contribution in [2.75, 3.05) is 11.5 Å². The maximum absolute atomic E-state index is 11.7. The number of hydrogen-bond donors (Lipinski definition) is 0. The minimum absolute atomic E-state index is 0.165. The standard InChI is InChI=1S/C9H16O2S2/c1-3-5-8(10)9(2)12-6-4-7-13(9)11/h3-7H2,1-2H3/t9-,13?/m0/s1. The molecular formula is C9H16O2S2. The van der Waals surface area contributed by atoms with Crippen LogP contribution < -0.4 is 0 Å². The Morgan fingerprint density at radius 2 is 2.31 bits per heavy atom. The molecule has 0 aliphatic carbocycles. The third-order valence-electron chi connectivity index (χ3n) is 2.27. The summed E-state index contributed by atoms with van der Waals surface area (Å²) in [5.74, 6) is 1.83. The lowest BCUT2D eigenvalue weighted by Crippen LogP contribution is -2.40. The molecule has 0 aromatic rings. The molecule has 0 bridgehead atoms. The molecule has 1 heterocycles. The van der Waals surface area contributed by atoms with E-state index in [9.17, 15) is 9.00 Å². The second-order valence-electron chi connectivity index (χ2n) is 3.37. The van der Waals surface area contributed by atoms with Gasteiger partial charge >= 0.3 is 0 Å². The highest BCUT2D eigenvalue weighted by Gasteiger charge is 2.40. The zero-order valence-electron chi connectivity index (χ0n) is 8.17. The van der Waals surface area contributed by atoms with Gasteiger partial charge in [-0.1, -0.05) is 6.92 Å². The summed E-state index contributed by atoms with van der Waals surface area (Å²) in [6.45, 7) is 3.82. The second-order valence-corrected chi connectivity index (χ2v) is 7.06. The molecule has 0 amide bonds. The molecule has 0 N–H and O–H groups in total. The smallest absolute Gasteiger partial charge is 0.161 e. The van der Waals surface area contributed by atoms with Crippen LogP contribution in [0.5, 0.6) is 0 Å². The van der Waals surface area contributed by atoms with Gasteiger partial charge in [0.25, 0.3) is 0 Å². The normalized spacial score (nSPS) is 34.5. The SMILES string of the molecule is CCCC(=O)[C@@]1(C)SCCCS1=O. The molecule has 1 aliphatic rings. The van der Waals surface area contributed by atoms with Crippen LogP contribution in [0, 0.1) is 0 Å². The van der Waals surface area contributed by atoms with E-state index in [1.807, 2.05) is 13.8 Å². The third-order valence-corrected chi connectivity index (χ3v) is 6.21. The van der Waals surface area contributed by atoms with Gasteiger partial charge in [0.15, 0.2) is 5.78 Å². The van der Waals surface area contributed by atoms with E-state index in [2.05, 4.69) is 0 Å². The summed E-state index contributed by atoms with van der Waals surface area (Å²) in [5, 5.41) is 0. The lowest BCUT2D eigenvalue weighted by atomic mass is 10.2. The zero-order chi connectivity index (χ0) is 9.90. The number of ketones is 1. The van der Waals surface area contributed by atoms with Crippen LogP contribution in [-0.2, 0) is 15.6 Å². The molecular weight excluding hydrogens is 204 g/mol. The van der Waals surface area contributed by atoms with Gasteiger partial charge in [-0.2, -0.15) is 0 Å². The van der Waals surface area contributed by atoms with Gasteiger partial charge in [-0.15, -0.1) is 11.8 Å². The van der Waals surface area contributed by atoms with Crippen LogP contribution in [-0.4, -0.2) is 25.6 Å². The monoisotopic (exact) mass is 220 g/mol. The van der Waals surface area contributed by atoms with Crippen molar-refractivity contribution >= 4 is 28.3 Å². The number of hydrogen-bond acceptors (Lipinski definition) is 3. The molecule has 1 saturated heterocycles. The van der Waals surface area contributed by atoms with Gasteiger partial charge in [-0.25, -0.2) is 0 Å². The van der Waals surface area contributed by atoms with Crippen LogP contribution in [0.4, 0.5) is 0 Å². The van der Waals surface area contributed by atoms with Gasteiger partial charge in [-0.3, -0.25) is 9.00 Å². The average Bonchev–Trinajstić information content (AvgIpc) is 2.11. The Labute approximate surface area is 86.3 Å². The summed E-state index contributed by atoms with van der Waals surface area (Å²) in [6, 6.07) is 0. The fourth-order valence-electron chi connectivity index (χ4n) is 1.38. The number of carbonyl (C=O) groups excluding carboxylic acids is 1. The largest absolute Gasteiger partial charge is 0.297 e. The first-order valence-corrected chi connectivity index (χ1v) is 6.97. The lowest BCUT2D eigenvalue weighted by Gasteiger charge is -2.30. The van der Waals surface area contributed by atoms with E-state index >= 15 is 0 Å². The fraction of sp³-hybridized carbons (Fsp3) is 0.889. The summed E-state index contributed by atoms with van der Waals surface area (Å²) < 4.78 is 11.1. The topological polar surface area (TPSA) is 34.1 Å². The summed E-state index contributed by atoms with van der Waals surface area (Å²) in [7, 11) is -0.962. The summed E-state index contributed by atoms with van der Waals surface area (Å²) >= 11 is 1.57. The van der Waals surface area contributed by atoms with Crippen molar-refractivity contribution in [2.24, 2.45) is 0 Å². The number of Topliss-reactive ketones (excluding diaryl/α,β-unsaturated/α-hetero) is 1. The van der Waals surface area contributed by atoms with Crippen LogP contribution in [0.3, 0.4) is 0 Å². The highest BCUT2D eigenvalue weighted by Crippen LogP contribution is 2.36. The maximum Gasteiger partial charge on any atom is 0.161 e. The summed E-state index contributed by atoms with van der Waals surface area (Å²) in [6.07, 6.45) is 2.40. The molecule has 1 unspecified atom stereocenters. The highest BCUT2D eigenvalue weighted by atomic mass is 32.2. The van der Waals surface area contributed by atoms with Crippen molar-refractivity contribution in [1.29, 1.82) is 0 Å². The number of rotatable bonds is 3. The maximum atomic E-state index is 11.7. The van der Waals surface area contributed by atoms with Crippen molar-refractivity contribution in [3.63, 3.8) is 0 Å². The van der Waals surface area contributed by atoms with Crippen LogP contribution >= 0.6 is 11.8 Å². The van der Waals surface area contributed by atoms with Crippen molar-refractivity contribution in [2.45, 2.75) is 37.2 Å². The predicted molar refractivity (Wildman–Crippen MR) is 58.4 cm³/mol. The Morgan fingerprint density at radius 1 is 1.62 bits per heavy atom. The van der Waals surface area contributed by atoms with Crippen LogP contribution in [0.15, 0.2) is 0 Å².